The lowest BCUT2D eigenvalue weighted by atomic mass is 10.1. The molecule has 1 aromatic rings. The van der Waals surface area contributed by atoms with Crippen LogP contribution in [0.3, 0.4) is 0 Å². The number of halogens is 5. The van der Waals surface area contributed by atoms with Crippen molar-refractivity contribution in [1.82, 2.24) is 0 Å². The van der Waals surface area contributed by atoms with Gasteiger partial charge in [0.25, 0.3) is 0 Å². The SMILES string of the molecule is Cc1ccc(Br)c(C)c1N=C(Cl)C(F)(F)F. The molecule has 1 aromatic carbocycles. The molecule has 0 N–H and O–H groups in total. The second-order valence-corrected chi connectivity index (χ2v) is 4.45. The first-order valence-electron chi connectivity index (χ1n) is 4.30. The number of rotatable bonds is 1. The highest BCUT2D eigenvalue weighted by atomic mass is 79.9. The third-order valence-corrected chi connectivity index (χ3v) is 3.17. The summed E-state index contributed by atoms with van der Waals surface area (Å²) in [6.45, 7) is 3.36. The highest BCUT2D eigenvalue weighted by Gasteiger charge is 2.34. The van der Waals surface area contributed by atoms with E-state index in [0.29, 0.717) is 15.6 Å². The van der Waals surface area contributed by atoms with Crippen LogP contribution < -0.4 is 0 Å². The average molecular weight is 315 g/mol. The first-order valence-corrected chi connectivity index (χ1v) is 5.47. The Morgan fingerprint density at radius 3 is 2.38 bits per heavy atom. The average Bonchev–Trinajstić information content (AvgIpc) is 2.17. The molecule has 0 radical (unpaired) electrons. The zero-order valence-electron chi connectivity index (χ0n) is 8.49. The minimum Gasteiger partial charge on any atom is -0.232 e. The number of aliphatic imine (C=N–C) groups is 1. The van der Waals surface area contributed by atoms with Crippen molar-refractivity contribution in [3.63, 3.8) is 0 Å². The summed E-state index contributed by atoms with van der Waals surface area (Å²) >= 11 is 8.32. The van der Waals surface area contributed by atoms with Gasteiger partial charge in [0, 0.05) is 4.47 Å². The fourth-order valence-corrected chi connectivity index (χ4v) is 1.55. The molecule has 0 saturated heterocycles. The molecular weight excluding hydrogens is 306 g/mol. The van der Waals surface area contributed by atoms with E-state index in [4.69, 9.17) is 11.6 Å². The molecule has 0 unspecified atom stereocenters. The standard InChI is InChI=1S/C10H8BrClF3N/c1-5-3-4-7(11)6(2)8(5)16-9(12)10(13,14)15/h3-4H,1-2H3. The van der Waals surface area contributed by atoms with Crippen LogP contribution in [0.2, 0.25) is 0 Å². The minimum atomic E-state index is -4.61. The van der Waals surface area contributed by atoms with Crippen LogP contribution in [0, 0.1) is 13.8 Å². The first-order chi connectivity index (χ1) is 7.23. The van der Waals surface area contributed by atoms with Crippen molar-refractivity contribution in [3.05, 3.63) is 27.7 Å². The van der Waals surface area contributed by atoms with Gasteiger partial charge in [0.2, 0.25) is 5.17 Å². The summed E-state index contributed by atoms with van der Waals surface area (Å²) in [5.74, 6) is 0. The van der Waals surface area contributed by atoms with E-state index in [9.17, 15) is 13.2 Å². The normalized spacial score (nSPS) is 13.1. The Kier molecular flexibility index (Phi) is 4.02. The molecular formula is C10H8BrClF3N. The van der Waals surface area contributed by atoms with Gasteiger partial charge in [-0.2, -0.15) is 13.2 Å². The van der Waals surface area contributed by atoms with E-state index >= 15 is 0 Å². The van der Waals surface area contributed by atoms with Gasteiger partial charge in [0.15, 0.2) is 0 Å². The Labute approximate surface area is 104 Å². The largest absolute Gasteiger partial charge is 0.444 e. The van der Waals surface area contributed by atoms with Crippen molar-refractivity contribution in [2.24, 2.45) is 4.99 Å². The van der Waals surface area contributed by atoms with Gasteiger partial charge in [0.1, 0.15) is 0 Å². The van der Waals surface area contributed by atoms with E-state index in [0.717, 1.165) is 0 Å². The van der Waals surface area contributed by atoms with Crippen LogP contribution in [-0.2, 0) is 0 Å². The summed E-state index contributed by atoms with van der Waals surface area (Å²) in [6.07, 6.45) is -4.61. The molecule has 1 rings (SSSR count). The summed E-state index contributed by atoms with van der Waals surface area (Å²) in [7, 11) is 0. The molecule has 0 aliphatic rings. The van der Waals surface area contributed by atoms with Crippen LogP contribution in [0.5, 0.6) is 0 Å². The number of hydrogen-bond donors (Lipinski definition) is 0. The van der Waals surface area contributed by atoms with Crippen LogP contribution >= 0.6 is 27.5 Å². The Balaban J connectivity index is 3.30. The van der Waals surface area contributed by atoms with E-state index in [1.54, 1.807) is 26.0 Å². The van der Waals surface area contributed by atoms with E-state index in [2.05, 4.69) is 20.9 Å². The monoisotopic (exact) mass is 313 g/mol. The number of benzene rings is 1. The zero-order chi connectivity index (χ0) is 12.5. The van der Waals surface area contributed by atoms with E-state index in [-0.39, 0.29) is 5.69 Å². The van der Waals surface area contributed by atoms with Crippen molar-refractivity contribution in [2.45, 2.75) is 20.0 Å². The quantitative estimate of drug-likeness (QED) is 0.654. The van der Waals surface area contributed by atoms with Gasteiger partial charge in [-0.15, -0.1) is 0 Å². The molecule has 6 heteroatoms. The molecule has 16 heavy (non-hydrogen) atoms. The van der Waals surface area contributed by atoms with Crippen molar-refractivity contribution in [3.8, 4) is 0 Å². The van der Waals surface area contributed by atoms with Crippen LogP contribution in [0.15, 0.2) is 21.6 Å². The van der Waals surface area contributed by atoms with Crippen LogP contribution in [0.4, 0.5) is 18.9 Å². The topological polar surface area (TPSA) is 12.4 Å². The van der Waals surface area contributed by atoms with Crippen LogP contribution in [-0.4, -0.2) is 11.3 Å². The highest BCUT2D eigenvalue weighted by Crippen LogP contribution is 2.32. The third-order valence-electron chi connectivity index (χ3n) is 2.01. The lowest BCUT2D eigenvalue weighted by Crippen LogP contribution is -2.16. The minimum absolute atomic E-state index is 0.247. The lowest BCUT2D eigenvalue weighted by Gasteiger charge is -2.09. The highest BCUT2D eigenvalue weighted by molar-refractivity contribution is 9.10. The Bertz CT molecular complexity index is 440. The molecule has 0 heterocycles. The fraction of sp³-hybridized carbons (Fsp3) is 0.300. The maximum Gasteiger partial charge on any atom is 0.444 e. The maximum atomic E-state index is 12.2. The van der Waals surface area contributed by atoms with E-state index in [1.165, 1.54) is 0 Å². The molecule has 0 amide bonds. The first kappa shape index (κ1) is 13.5. The van der Waals surface area contributed by atoms with Gasteiger partial charge < -0.3 is 0 Å². The van der Waals surface area contributed by atoms with Gasteiger partial charge in [0.05, 0.1) is 5.69 Å². The van der Waals surface area contributed by atoms with Gasteiger partial charge in [-0.05, 0) is 31.0 Å². The Morgan fingerprint density at radius 2 is 1.88 bits per heavy atom. The van der Waals surface area contributed by atoms with E-state index in [1.807, 2.05) is 0 Å². The summed E-state index contributed by atoms with van der Waals surface area (Å²) < 4.78 is 37.4. The number of alkyl halides is 3. The van der Waals surface area contributed by atoms with Crippen molar-refractivity contribution in [1.29, 1.82) is 0 Å². The lowest BCUT2D eigenvalue weighted by molar-refractivity contribution is -0.0558. The predicted octanol–water partition coefficient (Wildman–Crippen LogP) is 4.90. The summed E-state index contributed by atoms with van der Waals surface area (Å²) in [5, 5.41) is -1.36. The van der Waals surface area contributed by atoms with Crippen molar-refractivity contribution in [2.75, 3.05) is 0 Å². The fourth-order valence-electron chi connectivity index (χ4n) is 1.14. The summed E-state index contributed by atoms with van der Waals surface area (Å²) in [6, 6.07) is 3.43. The maximum absolute atomic E-state index is 12.2. The Morgan fingerprint density at radius 1 is 1.31 bits per heavy atom. The van der Waals surface area contributed by atoms with Crippen LogP contribution in [0.1, 0.15) is 11.1 Å². The predicted molar refractivity (Wildman–Crippen MR) is 62.6 cm³/mol. The molecule has 0 saturated carbocycles. The van der Waals surface area contributed by atoms with Gasteiger partial charge in [-0.3, -0.25) is 0 Å². The van der Waals surface area contributed by atoms with Crippen LogP contribution in [0.25, 0.3) is 0 Å². The number of nitrogens with zero attached hydrogens (tertiary/aromatic N) is 1. The molecule has 0 aliphatic carbocycles. The Hall–Kier alpha value is -0.550. The second-order valence-electron chi connectivity index (χ2n) is 3.24. The smallest absolute Gasteiger partial charge is 0.232 e. The third kappa shape index (κ3) is 2.98. The number of hydrogen-bond acceptors (Lipinski definition) is 1. The van der Waals surface area contributed by atoms with Crippen molar-refractivity contribution < 1.29 is 13.2 Å². The molecule has 0 fully saturated rings. The van der Waals surface area contributed by atoms with Gasteiger partial charge >= 0.3 is 6.18 Å². The van der Waals surface area contributed by atoms with Crippen molar-refractivity contribution >= 4 is 38.4 Å². The molecule has 0 atom stereocenters. The molecule has 0 bridgehead atoms. The number of aryl methyl sites for hydroxylation is 1. The van der Waals surface area contributed by atoms with Gasteiger partial charge in [-0.1, -0.05) is 33.6 Å². The van der Waals surface area contributed by atoms with Gasteiger partial charge in [-0.25, -0.2) is 4.99 Å². The molecule has 0 spiro atoms. The molecule has 1 nitrogen and oxygen atoms in total. The second kappa shape index (κ2) is 4.75. The molecule has 88 valence electrons. The zero-order valence-corrected chi connectivity index (χ0v) is 10.8. The van der Waals surface area contributed by atoms with E-state index < -0.39 is 11.3 Å². The summed E-state index contributed by atoms with van der Waals surface area (Å²) in [4.78, 5) is 3.42. The molecule has 0 aromatic heterocycles. The summed E-state index contributed by atoms with van der Waals surface area (Å²) in [5.41, 5.74) is 1.52. The molecule has 0 aliphatic heterocycles.